The Bertz CT molecular complexity index is 810. The number of nitrogens with zero attached hydrogens (tertiary/aromatic N) is 1. The van der Waals surface area contributed by atoms with Crippen LogP contribution in [0.4, 0.5) is 18.9 Å². The molecule has 2 rings (SSSR count). The van der Waals surface area contributed by atoms with E-state index in [4.69, 9.17) is 21.7 Å². The molecule has 2 aromatic carbocycles. The van der Waals surface area contributed by atoms with Crippen molar-refractivity contribution in [3.63, 3.8) is 0 Å². The molecule has 0 unspecified atom stereocenters. The molecule has 9 heteroatoms. The maximum Gasteiger partial charge on any atom is 0.418 e. The Morgan fingerprint density at radius 1 is 1.08 bits per heavy atom. The summed E-state index contributed by atoms with van der Waals surface area (Å²) in [4.78, 5) is 0. The summed E-state index contributed by atoms with van der Waals surface area (Å²) in [6.45, 7) is 0. The Balaban J connectivity index is 2.08. The van der Waals surface area contributed by atoms with Crippen LogP contribution in [0.25, 0.3) is 0 Å². The van der Waals surface area contributed by atoms with Gasteiger partial charge in [0.05, 0.1) is 31.7 Å². The molecule has 0 heterocycles. The van der Waals surface area contributed by atoms with Crippen molar-refractivity contribution in [1.29, 1.82) is 0 Å². The summed E-state index contributed by atoms with van der Waals surface area (Å²) >= 11 is 4.98. The van der Waals surface area contributed by atoms with Gasteiger partial charge in [0.25, 0.3) is 0 Å². The van der Waals surface area contributed by atoms with Crippen molar-refractivity contribution >= 4 is 29.2 Å². The van der Waals surface area contributed by atoms with Crippen LogP contribution in [-0.2, 0) is 6.18 Å². The molecule has 0 spiro atoms. The van der Waals surface area contributed by atoms with Gasteiger partial charge in [0, 0.05) is 5.56 Å². The lowest BCUT2D eigenvalue weighted by Crippen LogP contribution is -2.25. The molecule has 0 amide bonds. The molecule has 0 aliphatic heterocycles. The molecule has 0 saturated carbocycles. The fraction of sp³-hybridized carbons (Fsp3) is 0.176. The van der Waals surface area contributed by atoms with Crippen LogP contribution < -0.4 is 20.2 Å². The van der Waals surface area contributed by atoms with Crippen molar-refractivity contribution < 1.29 is 22.6 Å². The van der Waals surface area contributed by atoms with E-state index in [1.54, 1.807) is 18.2 Å². The molecule has 0 aliphatic rings. The molecule has 0 fully saturated rings. The number of halogens is 3. The summed E-state index contributed by atoms with van der Waals surface area (Å²) in [6, 6.07) is 10.2. The summed E-state index contributed by atoms with van der Waals surface area (Å²) < 4.78 is 49.3. The van der Waals surface area contributed by atoms with Crippen LogP contribution in [0.15, 0.2) is 47.6 Å². The zero-order valence-electron chi connectivity index (χ0n) is 13.9. The quantitative estimate of drug-likeness (QED) is 0.464. The van der Waals surface area contributed by atoms with Gasteiger partial charge in [-0.05, 0) is 36.5 Å². The molecule has 0 atom stereocenters. The van der Waals surface area contributed by atoms with Crippen LogP contribution in [0.1, 0.15) is 11.1 Å². The number of hydrogen-bond acceptors (Lipinski definition) is 4. The number of anilines is 1. The van der Waals surface area contributed by atoms with Gasteiger partial charge in [-0.25, -0.2) is 0 Å². The van der Waals surface area contributed by atoms with E-state index in [1.807, 2.05) is 0 Å². The zero-order chi connectivity index (χ0) is 19.2. The van der Waals surface area contributed by atoms with Gasteiger partial charge in [-0.1, -0.05) is 18.2 Å². The molecule has 0 aliphatic carbocycles. The second kappa shape index (κ2) is 8.52. The third-order valence-electron chi connectivity index (χ3n) is 3.28. The second-order valence-corrected chi connectivity index (χ2v) is 5.36. The number of ether oxygens (including phenoxy) is 2. The van der Waals surface area contributed by atoms with Gasteiger partial charge in [0.1, 0.15) is 0 Å². The first-order valence-electron chi connectivity index (χ1n) is 7.34. The minimum absolute atomic E-state index is 0.0835. The van der Waals surface area contributed by atoms with E-state index >= 15 is 0 Å². The Hall–Kier alpha value is -2.81. The average Bonchev–Trinajstić information content (AvgIpc) is 2.61. The molecule has 0 radical (unpaired) electrons. The Labute approximate surface area is 153 Å². The van der Waals surface area contributed by atoms with Crippen LogP contribution in [-0.4, -0.2) is 25.5 Å². The van der Waals surface area contributed by atoms with Gasteiger partial charge in [0.15, 0.2) is 16.6 Å². The summed E-state index contributed by atoms with van der Waals surface area (Å²) in [5, 5.41) is 6.32. The fourth-order valence-electron chi connectivity index (χ4n) is 2.16. The van der Waals surface area contributed by atoms with Crippen LogP contribution >= 0.6 is 12.2 Å². The van der Waals surface area contributed by atoms with Gasteiger partial charge in [-0.3, -0.25) is 5.43 Å². The van der Waals surface area contributed by atoms with Crippen molar-refractivity contribution in [1.82, 2.24) is 5.43 Å². The van der Waals surface area contributed by atoms with E-state index in [-0.39, 0.29) is 10.8 Å². The predicted molar refractivity (Wildman–Crippen MR) is 97.9 cm³/mol. The van der Waals surface area contributed by atoms with Crippen LogP contribution in [0.2, 0.25) is 0 Å². The van der Waals surface area contributed by atoms with Gasteiger partial charge in [-0.15, -0.1) is 0 Å². The first-order chi connectivity index (χ1) is 12.4. The lowest BCUT2D eigenvalue weighted by atomic mass is 10.2. The summed E-state index contributed by atoms with van der Waals surface area (Å²) in [5.74, 6) is 0.998. The molecule has 0 bridgehead atoms. The van der Waals surface area contributed by atoms with E-state index < -0.39 is 11.7 Å². The van der Waals surface area contributed by atoms with Crippen molar-refractivity contribution in [2.75, 3.05) is 19.5 Å². The SMILES string of the molecule is COc1cccc(/C=N/NC(=S)Nc2ccccc2C(F)(F)F)c1OC. The van der Waals surface area contributed by atoms with Gasteiger partial charge >= 0.3 is 6.18 Å². The van der Waals surface area contributed by atoms with Gasteiger partial charge < -0.3 is 14.8 Å². The first kappa shape index (κ1) is 19.5. The number of alkyl halides is 3. The van der Waals surface area contributed by atoms with E-state index in [9.17, 15) is 13.2 Å². The highest BCUT2D eigenvalue weighted by atomic mass is 32.1. The number of rotatable bonds is 5. The molecule has 5 nitrogen and oxygen atoms in total. The molecule has 26 heavy (non-hydrogen) atoms. The zero-order valence-corrected chi connectivity index (χ0v) is 14.7. The van der Waals surface area contributed by atoms with Gasteiger partial charge in [0.2, 0.25) is 0 Å². The predicted octanol–water partition coefficient (Wildman–Crippen LogP) is 4.04. The highest BCUT2D eigenvalue weighted by Gasteiger charge is 2.33. The minimum atomic E-state index is -4.49. The maximum atomic E-state index is 13.0. The largest absolute Gasteiger partial charge is 0.493 e. The third kappa shape index (κ3) is 4.85. The first-order valence-corrected chi connectivity index (χ1v) is 7.75. The molecular weight excluding hydrogens is 367 g/mol. The molecule has 2 aromatic rings. The van der Waals surface area contributed by atoms with Crippen molar-refractivity contribution in [3.05, 3.63) is 53.6 Å². The number of hydrazone groups is 1. The van der Waals surface area contributed by atoms with E-state index in [0.717, 1.165) is 6.07 Å². The van der Waals surface area contributed by atoms with Crippen LogP contribution in [0.3, 0.4) is 0 Å². The topological polar surface area (TPSA) is 54.9 Å². The fourth-order valence-corrected chi connectivity index (χ4v) is 2.33. The van der Waals surface area contributed by atoms with Gasteiger partial charge in [-0.2, -0.15) is 18.3 Å². The summed E-state index contributed by atoms with van der Waals surface area (Å²) in [5.41, 5.74) is 2.10. The lowest BCUT2D eigenvalue weighted by molar-refractivity contribution is -0.136. The summed E-state index contributed by atoms with van der Waals surface area (Å²) in [7, 11) is 3.00. The molecule has 0 saturated heterocycles. The Morgan fingerprint density at radius 2 is 1.81 bits per heavy atom. The van der Waals surface area contributed by atoms with Crippen LogP contribution in [0, 0.1) is 0 Å². The van der Waals surface area contributed by atoms with Crippen molar-refractivity contribution in [2.24, 2.45) is 5.10 Å². The van der Waals surface area contributed by atoms with E-state index in [0.29, 0.717) is 17.1 Å². The Kier molecular flexibility index (Phi) is 6.40. The number of para-hydroxylation sites is 2. The second-order valence-electron chi connectivity index (χ2n) is 4.95. The molecular formula is C17H16F3N3O2S. The summed E-state index contributed by atoms with van der Waals surface area (Å²) in [6.07, 6.45) is -3.07. The number of methoxy groups -OCH3 is 2. The van der Waals surface area contributed by atoms with E-state index in [1.165, 1.54) is 38.6 Å². The number of benzene rings is 2. The van der Waals surface area contributed by atoms with Crippen LogP contribution in [0.5, 0.6) is 11.5 Å². The lowest BCUT2D eigenvalue weighted by Gasteiger charge is -2.14. The molecule has 138 valence electrons. The number of nitrogens with one attached hydrogen (secondary N) is 2. The number of hydrogen-bond donors (Lipinski definition) is 2. The molecule has 0 aromatic heterocycles. The smallest absolute Gasteiger partial charge is 0.418 e. The Morgan fingerprint density at radius 3 is 2.46 bits per heavy atom. The molecule has 2 N–H and O–H groups in total. The third-order valence-corrected chi connectivity index (χ3v) is 3.48. The maximum absolute atomic E-state index is 13.0. The normalized spacial score (nSPS) is 11.3. The van der Waals surface area contributed by atoms with Crippen molar-refractivity contribution in [2.45, 2.75) is 6.18 Å². The highest BCUT2D eigenvalue weighted by molar-refractivity contribution is 7.80. The standard InChI is InChI=1S/C17H16F3N3O2S/c1-24-14-9-5-6-11(15(14)25-2)10-21-23-16(26)22-13-8-4-3-7-12(13)17(18,19)20/h3-10H,1-2H3,(H2,22,23,26)/b21-10+. The number of thiocarbonyl (C=S) groups is 1. The van der Waals surface area contributed by atoms with Crippen molar-refractivity contribution in [3.8, 4) is 11.5 Å². The van der Waals surface area contributed by atoms with E-state index in [2.05, 4.69) is 15.8 Å². The average molecular weight is 383 g/mol. The minimum Gasteiger partial charge on any atom is -0.493 e. The monoisotopic (exact) mass is 383 g/mol. The highest BCUT2D eigenvalue weighted by Crippen LogP contribution is 2.34.